The number of carbonyl (C=O) groups is 1. The van der Waals surface area contributed by atoms with Crippen LogP contribution in [-0.2, 0) is 9.53 Å². The van der Waals surface area contributed by atoms with E-state index >= 15 is 0 Å². The average Bonchev–Trinajstić information content (AvgIpc) is 2.37. The molecule has 1 amide bonds. The van der Waals surface area contributed by atoms with E-state index in [4.69, 9.17) is 9.84 Å². The highest BCUT2D eigenvalue weighted by atomic mass is 16.5. The van der Waals surface area contributed by atoms with Gasteiger partial charge in [0.1, 0.15) is 19.0 Å². The van der Waals surface area contributed by atoms with Gasteiger partial charge in [-0.3, -0.25) is 4.79 Å². The molecule has 0 fully saturated rings. The number of anilines is 1. The Kier molecular flexibility index (Phi) is 6.47. The molecule has 1 aromatic heterocycles. The van der Waals surface area contributed by atoms with Crippen LogP contribution in [0, 0.1) is 11.8 Å². The number of amides is 1. The quantitative estimate of drug-likeness (QED) is 0.597. The van der Waals surface area contributed by atoms with E-state index in [0.29, 0.717) is 18.0 Å². The van der Waals surface area contributed by atoms with Crippen LogP contribution in [0.1, 0.15) is 18.9 Å². The van der Waals surface area contributed by atoms with Crippen molar-refractivity contribution in [3.05, 3.63) is 23.9 Å². The molecule has 18 heavy (non-hydrogen) atoms. The number of aromatic nitrogens is 1. The third-order valence-electron chi connectivity index (χ3n) is 1.92. The lowest BCUT2D eigenvalue weighted by Crippen LogP contribution is -2.19. The third kappa shape index (κ3) is 5.43. The molecule has 96 valence electrons. The number of nitrogens with one attached hydrogen (secondary N) is 1. The zero-order valence-electron chi connectivity index (χ0n) is 10.3. The van der Waals surface area contributed by atoms with E-state index in [2.05, 4.69) is 22.1 Å². The highest BCUT2D eigenvalue weighted by molar-refractivity contribution is 5.90. The van der Waals surface area contributed by atoms with Gasteiger partial charge in [0.05, 0.1) is 0 Å². The Morgan fingerprint density at radius 1 is 1.61 bits per heavy atom. The monoisotopic (exact) mass is 248 g/mol. The number of carbonyl (C=O) groups excluding carboxylic acids is 1. The molecule has 0 bridgehead atoms. The third-order valence-corrected chi connectivity index (χ3v) is 1.92. The second kappa shape index (κ2) is 8.23. The van der Waals surface area contributed by atoms with Crippen molar-refractivity contribution in [2.45, 2.75) is 13.3 Å². The van der Waals surface area contributed by atoms with Crippen LogP contribution in [0.3, 0.4) is 0 Å². The van der Waals surface area contributed by atoms with Gasteiger partial charge in [-0.2, -0.15) is 0 Å². The van der Waals surface area contributed by atoms with E-state index in [1.165, 1.54) is 0 Å². The van der Waals surface area contributed by atoms with Crippen molar-refractivity contribution in [1.82, 2.24) is 4.98 Å². The summed E-state index contributed by atoms with van der Waals surface area (Å²) in [5.74, 6) is 5.44. The molecule has 0 aromatic carbocycles. The summed E-state index contributed by atoms with van der Waals surface area (Å²) in [6.45, 7) is 2.35. The first kappa shape index (κ1) is 14.2. The highest BCUT2D eigenvalue weighted by Crippen LogP contribution is 2.05. The summed E-state index contributed by atoms with van der Waals surface area (Å²) in [5.41, 5.74) is 0.684. The Morgan fingerprint density at radius 3 is 3.17 bits per heavy atom. The first-order valence-corrected chi connectivity index (χ1v) is 5.69. The normalized spacial score (nSPS) is 9.44. The van der Waals surface area contributed by atoms with Crippen LogP contribution >= 0.6 is 0 Å². The van der Waals surface area contributed by atoms with Crippen molar-refractivity contribution in [2.24, 2.45) is 0 Å². The molecule has 0 saturated heterocycles. The van der Waals surface area contributed by atoms with Gasteiger partial charge in [-0.25, -0.2) is 4.98 Å². The van der Waals surface area contributed by atoms with Crippen LogP contribution in [0.5, 0.6) is 0 Å². The predicted molar refractivity (Wildman–Crippen MR) is 67.9 cm³/mol. The largest absolute Gasteiger partial charge is 0.384 e. The van der Waals surface area contributed by atoms with Gasteiger partial charge >= 0.3 is 0 Å². The molecule has 2 N–H and O–H groups in total. The van der Waals surface area contributed by atoms with E-state index < -0.39 is 0 Å². The molecule has 1 rings (SSSR count). The smallest absolute Gasteiger partial charge is 0.251 e. The maximum atomic E-state index is 11.5. The fourth-order valence-electron chi connectivity index (χ4n) is 1.21. The summed E-state index contributed by atoms with van der Waals surface area (Å²) in [7, 11) is 0. The van der Waals surface area contributed by atoms with Crippen molar-refractivity contribution in [2.75, 3.05) is 25.1 Å². The first-order valence-electron chi connectivity index (χ1n) is 5.69. The van der Waals surface area contributed by atoms with Crippen LogP contribution in [0.4, 0.5) is 5.82 Å². The number of hydrogen-bond acceptors (Lipinski definition) is 4. The van der Waals surface area contributed by atoms with Gasteiger partial charge < -0.3 is 15.2 Å². The van der Waals surface area contributed by atoms with Crippen LogP contribution in [0.25, 0.3) is 0 Å². The van der Waals surface area contributed by atoms with Gasteiger partial charge in [0.2, 0.25) is 0 Å². The minimum atomic E-state index is -0.247. The molecule has 0 aliphatic carbocycles. The summed E-state index contributed by atoms with van der Waals surface area (Å²) in [6.07, 6.45) is 2.42. The molecular formula is C13H16N2O3. The van der Waals surface area contributed by atoms with Gasteiger partial charge in [-0.1, -0.05) is 18.8 Å². The lowest BCUT2D eigenvalue weighted by molar-refractivity contribution is -0.120. The Bertz CT molecular complexity index is 449. The molecule has 0 saturated carbocycles. The zero-order valence-corrected chi connectivity index (χ0v) is 10.3. The van der Waals surface area contributed by atoms with Crippen LogP contribution < -0.4 is 5.32 Å². The van der Waals surface area contributed by atoms with Gasteiger partial charge in [0.15, 0.2) is 0 Å². The van der Waals surface area contributed by atoms with E-state index in [0.717, 1.165) is 6.42 Å². The number of rotatable bonds is 5. The molecule has 0 unspecified atom stereocenters. The number of ether oxygens (including phenoxy) is 1. The Labute approximate surface area is 106 Å². The van der Waals surface area contributed by atoms with Crippen molar-refractivity contribution in [3.63, 3.8) is 0 Å². The van der Waals surface area contributed by atoms with Gasteiger partial charge in [0, 0.05) is 18.4 Å². The van der Waals surface area contributed by atoms with E-state index in [1.54, 1.807) is 18.3 Å². The molecule has 0 spiro atoms. The van der Waals surface area contributed by atoms with Crippen LogP contribution in [-0.4, -0.2) is 35.8 Å². The molecular weight excluding hydrogens is 232 g/mol. The lowest BCUT2D eigenvalue weighted by atomic mass is 10.2. The summed E-state index contributed by atoms with van der Waals surface area (Å²) in [4.78, 5) is 15.5. The van der Waals surface area contributed by atoms with Gasteiger partial charge in [0.25, 0.3) is 5.91 Å². The topological polar surface area (TPSA) is 71.5 Å². The molecule has 5 nitrogen and oxygen atoms in total. The SMILES string of the molecule is CCCOCC(=O)Nc1cc(C#CCO)ccn1. The van der Waals surface area contributed by atoms with Crippen LogP contribution in [0.15, 0.2) is 18.3 Å². The van der Waals surface area contributed by atoms with E-state index in [-0.39, 0.29) is 19.1 Å². The minimum Gasteiger partial charge on any atom is -0.384 e. The fourth-order valence-corrected chi connectivity index (χ4v) is 1.21. The summed E-state index contributed by atoms with van der Waals surface area (Å²) < 4.78 is 5.11. The minimum absolute atomic E-state index is 0.0159. The maximum Gasteiger partial charge on any atom is 0.251 e. The Morgan fingerprint density at radius 2 is 2.44 bits per heavy atom. The molecule has 5 heteroatoms. The lowest BCUT2D eigenvalue weighted by Gasteiger charge is -2.04. The van der Waals surface area contributed by atoms with Crippen molar-refractivity contribution in [1.29, 1.82) is 0 Å². The molecule has 0 aliphatic heterocycles. The Hall–Kier alpha value is -1.90. The zero-order chi connectivity index (χ0) is 13.2. The van der Waals surface area contributed by atoms with Crippen molar-refractivity contribution in [3.8, 4) is 11.8 Å². The highest BCUT2D eigenvalue weighted by Gasteiger charge is 2.03. The number of pyridine rings is 1. The fraction of sp³-hybridized carbons (Fsp3) is 0.385. The number of aliphatic hydroxyl groups is 1. The number of hydrogen-bond donors (Lipinski definition) is 2. The molecule has 0 atom stereocenters. The van der Waals surface area contributed by atoms with Gasteiger partial charge in [-0.15, -0.1) is 0 Å². The molecule has 0 radical (unpaired) electrons. The molecule has 1 aromatic rings. The molecule has 0 aliphatic rings. The second-order valence-electron chi connectivity index (χ2n) is 3.49. The van der Waals surface area contributed by atoms with Gasteiger partial charge in [-0.05, 0) is 18.6 Å². The predicted octanol–water partition coefficient (Wildman–Crippen LogP) is 0.790. The average molecular weight is 248 g/mol. The summed E-state index contributed by atoms with van der Waals surface area (Å²) in [6, 6.07) is 3.34. The van der Waals surface area contributed by atoms with E-state index in [1.807, 2.05) is 6.92 Å². The first-order chi connectivity index (χ1) is 8.76. The van der Waals surface area contributed by atoms with E-state index in [9.17, 15) is 4.79 Å². The second-order valence-corrected chi connectivity index (χ2v) is 3.49. The van der Waals surface area contributed by atoms with Crippen molar-refractivity contribution < 1.29 is 14.6 Å². The standard InChI is InChI=1S/C13H16N2O3/c1-2-8-18-10-13(17)15-12-9-11(4-3-7-16)5-6-14-12/h5-6,9,16H,2,7-8,10H2,1H3,(H,14,15,17). The van der Waals surface area contributed by atoms with Crippen molar-refractivity contribution >= 4 is 11.7 Å². The summed E-state index contributed by atoms with van der Waals surface area (Å²) >= 11 is 0. The number of nitrogens with zero attached hydrogens (tertiary/aromatic N) is 1. The summed E-state index contributed by atoms with van der Waals surface area (Å²) in [5, 5.41) is 11.2. The molecule has 1 heterocycles. The Balaban J connectivity index is 2.53. The number of aliphatic hydroxyl groups excluding tert-OH is 1. The van der Waals surface area contributed by atoms with Crippen LogP contribution in [0.2, 0.25) is 0 Å². The maximum absolute atomic E-state index is 11.5.